The van der Waals surface area contributed by atoms with E-state index in [9.17, 15) is 26.4 Å². The molecule has 3 N–H and O–H groups in total. The van der Waals surface area contributed by atoms with Gasteiger partial charge in [0.15, 0.2) is 0 Å². The number of rotatable bonds is 5. The van der Waals surface area contributed by atoms with Crippen molar-refractivity contribution in [2.75, 3.05) is 30.4 Å². The Kier molecular flexibility index (Phi) is 6.41. The summed E-state index contributed by atoms with van der Waals surface area (Å²) in [5, 5.41) is 7.79. The van der Waals surface area contributed by atoms with Crippen LogP contribution >= 0.6 is 0 Å². The second-order valence-corrected chi connectivity index (χ2v) is 8.59. The number of nitrogens with one attached hydrogen (secondary N) is 1. The normalized spacial score (nSPS) is 17.3. The zero-order chi connectivity index (χ0) is 22.8. The summed E-state index contributed by atoms with van der Waals surface area (Å²) in [7, 11) is -2.81. The van der Waals surface area contributed by atoms with Crippen molar-refractivity contribution in [1.82, 2.24) is 4.98 Å². The lowest BCUT2D eigenvalue weighted by Gasteiger charge is -2.34. The van der Waals surface area contributed by atoms with Gasteiger partial charge >= 0.3 is 6.18 Å². The molecule has 1 unspecified atom stereocenters. The molecule has 0 spiro atoms. The van der Waals surface area contributed by atoms with Crippen molar-refractivity contribution in [2.45, 2.75) is 23.9 Å². The molecule has 8 nitrogen and oxygen atoms in total. The lowest BCUT2D eigenvalue weighted by Crippen LogP contribution is -2.42. The van der Waals surface area contributed by atoms with E-state index >= 15 is 0 Å². The third-order valence-electron chi connectivity index (χ3n) is 4.92. The number of carbonyl (C=O) groups excluding carboxylic acids is 1. The molecule has 0 radical (unpaired) electrons. The van der Waals surface area contributed by atoms with Gasteiger partial charge in [-0.3, -0.25) is 4.79 Å². The molecule has 2 heterocycles. The molecule has 12 heteroatoms. The SMILES string of the molecule is COc1ccc(NC(=O)C2CCCN(c3ncccc3C(F)(F)F)C2)cc1S(N)(=O)=O. The van der Waals surface area contributed by atoms with Crippen LogP contribution in [-0.4, -0.2) is 39.5 Å². The van der Waals surface area contributed by atoms with E-state index in [1.165, 1.54) is 42.5 Å². The quantitative estimate of drug-likeness (QED) is 0.712. The number of anilines is 2. The number of primary sulfonamides is 1. The highest BCUT2D eigenvalue weighted by Gasteiger charge is 2.37. The highest BCUT2D eigenvalue weighted by molar-refractivity contribution is 7.89. The van der Waals surface area contributed by atoms with Crippen molar-refractivity contribution in [2.24, 2.45) is 11.1 Å². The monoisotopic (exact) mass is 458 g/mol. The summed E-state index contributed by atoms with van der Waals surface area (Å²) in [6, 6.07) is 6.15. The van der Waals surface area contributed by atoms with Gasteiger partial charge < -0.3 is 15.0 Å². The Morgan fingerprint density at radius 1 is 1.32 bits per heavy atom. The van der Waals surface area contributed by atoms with E-state index in [1.807, 2.05) is 0 Å². The number of nitrogens with zero attached hydrogens (tertiary/aromatic N) is 2. The second-order valence-electron chi connectivity index (χ2n) is 7.06. The minimum atomic E-state index is -4.56. The molecule has 1 saturated heterocycles. The van der Waals surface area contributed by atoms with Crippen LogP contribution in [0.1, 0.15) is 18.4 Å². The molecule has 1 atom stereocenters. The van der Waals surface area contributed by atoms with E-state index in [0.29, 0.717) is 19.4 Å². The number of nitrogens with two attached hydrogens (primary N) is 1. The van der Waals surface area contributed by atoms with Gasteiger partial charge in [0.2, 0.25) is 15.9 Å². The van der Waals surface area contributed by atoms with E-state index in [-0.39, 0.29) is 28.7 Å². The third kappa shape index (κ3) is 5.25. The van der Waals surface area contributed by atoms with Gasteiger partial charge in [-0.05, 0) is 43.2 Å². The summed E-state index contributed by atoms with van der Waals surface area (Å²) in [6.07, 6.45) is -2.32. The maximum Gasteiger partial charge on any atom is 0.419 e. The minimum absolute atomic E-state index is 0.0270. The van der Waals surface area contributed by atoms with Gasteiger partial charge in [0.1, 0.15) is 16.5 Å². The topological polar surface area (TPSA) is 115 Å². The molecule has 1 aliphatic heterocycles. The molecule has 1 aromatic heterocycles. The van der Waals surface area contributed by atoms with E-state index in [1.54, 1.807) is 0 Å². The van der Waals surface area contributed by atoms with Crippen molar-refractivity contribution in [3.05, 3.63) is 42.1 Å². The molecule has 3 rings (SSSR count). The molecule has 1 fully saturated rings. The van der Waals surface area contributed by atoms with E-state index in [2.05, 4.69) is 10.3 Å². The number of halogens is 3. The van der Waals surface area contributed by atoms with Gasteiger partial charge in [0.05, 0.1) is 18.6 Å². The number of carbonyl (C=O) groups is 1. The number of hydrogen-bond donors (Lipinski definition) is 2. The number of aromatic nitrogens is 1. The Morgan fingerprint density at radius 3 is 2.71 bits per heavy atom. The third-order valence-corrected chi connectivity index (χ3v) is 5.85. The maximum atomic E-state index is 13.3. The Morgan fingerprint density at radius 2 is 2.06 bits per heavy atom. The van der Waals surface area contributed by atoms with Crippen molar-refractivity contribution >= 4 is 27.4 Å². The number of amides is 1. The van der Waals surface area contributed by atoms with Gasteiger partial charge in [0, 0.05) is 25.0 Å². The summed E-state index contributed by atoms with van der Waals surface area (Å²) in [5.41, 5.74) is -0.676. The summed E-state index contributed by atoms with van der Waals surface area (Å²) in [6.45, 7) is 0.381. The molecule has 0 aliphatic carbocycles. The first-order valence-corrected chi connectivity index (χ1v) is 10.8. The summed E-state index contributed by atoms with van der Waals surface area (Å²) >= 11 is 0. The maximum absolute atomic E-state index is 13.3. The highest BCUT2D eigenvalue weighted by Crippen LogP contribution is 2.36. The zero-order valence-electron chi connectivity index (χ0n) is 16.5. The Bertz CT molecular complexity index is 1080. The van der Waals surface area contributed by atoms with Crippen molar-refractivity contribution in [3.8, 4) is 5.75 Å². The van der Waals surface area contributed by atoms with Gasteiger partial charge in [0.25, 0.3) is 0 Å². The van der Waals surface area contributed by atoms with Crippen molar-refractivity contribution in [3.63, 3.8) is 0 Å². The number of sulfonamides is 1. The number of hydrogen-bond acceptors (Lipinski definition) is 6. The molecular formula is C19H21F3N4O4S. The van der Waals surface area contributed by atoms with Gasteiger partial charge in [-0.1, -0.05) is 0 Å². The lowest BCUT2D eigenvalue weighted by atomic mass is 9.96. The van der Waals surface area contributed by atoms with Crippen LogP contribution in [0.4, 0.5) is 24.7 Å². The van der Waals surface area contributed by atoms with Crippen LogP contribution in [0, 0.1) is 5.92 Å². The first kappa shape index (κ1) is 22.8. The predicted molar refractivity (Wildman–Crippen MR) is 107 cm³/mol. The number of ether oxygens (including phenoxy) is 1. The predicted octanol–water partition coefficient (Wildman–Crippen LogP) is 2.61. The molecule has 1 amide bonds. The first-order valence-electron chi connectivity index (χ1n) is 9.29. The van der Waals surface area contributed by atoms with Gasteiger partial charge in [-0.15, -0.1) is 0 Å². The Balaban J connectivity index is 1.79. The number of benzene rings is 1. The molecule has 2 aromatic rings. The standard InChI is InChI=1S/C19H21F3N4O4S/c1-30-15-7-6-13(10-16(15)31(23,28)29)25-18(27)12-4-3-9-26(11-12)17-14(19(20,21)22)5-2-8-24-17/h2,5-8,10,12H,3-4,9,11H2,1H3,(H,25,27)(H2,23,28,29). The van der Waals surface area contributed by atoms with Crippen molar-refractivity contribution < 1.29 is 31.1 Å². The molecule has 1 aromatic carbocycles. The first-order chi connectivity index (χ1) is 14.5. The van der Waals surface area contributed by atoms with Crippen LogP contribution in [0.25, 0.3) is 0 Å². The average Bonchev–Trinajstić information content (AvgIpc) is 2.72. The fraction of sp³-hybridized carbons (Fsp3) is 0.368. The summed E-state index contributed by atoms with van der Waals surface area (Å²) in [4.78, 5) is 17.8. The molecule has 0 bridgehead atoms. The lowest BCUT2D eigenvalue weighted by molar-refractivity contribution is -0.137. The van der Waals surface area contributed by atoms with Crippen LogP contribution in [0.3, 0.4) is 0 Å². The van der Waals surface area contributed by atoms with Gasteiger partial charge in [-0.25, -0.2) is 18.5 Å². The van der Waals surface area contributed by atoms with Crippen LogP contribution in [0.15, 0.2) is 41.4 Å². The average molecular weight is 458 g/mol. The summed E-state index contributed by atoms with van der Waals surface area (Å²) in [5.74, 6) is -1.25. The number of alkyl halides is 3. The van der Waals surface area contributed by atoms with Crippen molar-refractivity contribution in [1.29, 1.82) is 0 Å². The minimum Gasteiger partial charge on any atom is -0.495 e. The smallest absolute Gasteiger partial charge is 0.419 e. The molecule has 31 heavy (non-hydrogen) atoms. The van der Waals surface area contributed by atoms with Crippen LogP contribution in [0.5, 0.6) is 5.75 Å². The van der Waals surface area contributed by atoms with E-state index in [0.717, 1.165) is 6.07 Å². The van der Waals surface area contributed by atoms with E-state index in [4.69, 9.17) is 9.88 Å². The Labute approximate surface area is 177 Å². The number of methoxy groups -OCH3 is 1. The number of piperidine rings is 1. The summed E-state index contributed by atoms with van der Waals surface area (Å²) < 4.78 is 68.4. The fourth-order valence-electron chi connectivity index (χ4n) is 3.47. The second kappa shape index (κ2) is 8.71. The van der Waals surface area contributed by atoms with E-state index < -0.39 is 33.6 Å². The molecule has 168 valence electrons. The fourth-order valence-corrected chi connectivity index (χ4v) is 4.20. The highest BCUT2D eigenvalue weighted by atomic mass is 32.2. The number of pyridine rings is 1. The van der Waals surface area contributed by atoms with Crippen LogP contribution in [0.2, 0.25) is 0 Å². The van der Waals surface area contributed by atoms with Gasteiger partial charge in [-0.2, -0.15) is 13.2 Å². The van der Waals surface area contributed by atoms with Crippen LogP contribution in [-0.2, 0) is 21.0 Å². The molecule has 0 saturated carbocycles. The zero-order valence-corrected chi connectivity index (χ0v) is 17.3. The molecule has 1 aliphatic rings. The Hall–Kier alpha value is -2.86. The largest absolute Gasteiger partial charge is 0.495 e. The van der Waals surface area contributed by atoms with Crippen LogP contribution < -0.4 is 20.1 Å². The molecular weight excluding hydrogens is 437 g/mol.